The maximum atomic E-state index is 5.46. The van der Waals surface area contributed by atoms with Crippen LogP contribution in [0.2, 0.25) is 0 Å². The topological polar surface area (TPSA) is 87.8 Å². The molecule has 0 bridgehead atoms. The highest BCUT2D eigenvalue weighted by Crippen LogP contribution is 2.26. The molecular formula is C17H21BrN6O. The number of aromatic nitrogens is 4. The van der Waals surface area contributed by atoms with Gasteiger partial charge in [-0.3, -0.25) is 5.10 Å². The number of nitrogens with zero attached hydrogens (tertiary/aromatic N) is 3. The highest BCUT2D eigenvalue weighted by atomic mass is 79.9. The number of ether oxygens (including phenoxy) is 1. The van der Waals surface area contributed by atoms with Crippen molar-refractivity contribution in [2.24, 2.45) is 0 Å². The van der Waals surface area contributed by atoms with E-state index in [9.17, 15) is 0 Å². The van der Waals surface area contributed by atoms with Gasteiger partial charge in [0.15, 0.2) is 11.6 Å². The van der Waals surface area contributed by atoms with Crippen LogP contribution in [0.1, 0.15) is 26.5 Å². The number of hydrogen-bond acceptors (Lipinski definition) is 6. The first-order valence-corrected chi connectivity index (χ1v) is 8.79. The molecule has 2 aromatic heterocycles. The van der Waals surface area contributed by atoms with E-state index in [1.807, 2.05) is 24.3 Å². The number of nitrogens with one attached hydrogen (secondary N) is 3. The van der Waals surface area contributed by atoms with E-state index in [1.165, 1.54) is 0 Å². The summed E-state index contributed by atoms with van der Waals surface area (Å²) in [6, 6.07) is 1.98. The molecule has 0 radical (unpaired) electrons. The summed E-state index contributed by atoms with van der Waals surface area (Å²) in [4.78, 5) is 8.77. The van der Waals surface area contributed by atoms with Crippen LogP contribution in [0.15, 0.2) is 41.2 Å². The van der Waals surface area contributed by atoms with E-state index in [0.29, 0.717) is 24.1 Å². The minimum atomic E-state index is -0.0330. The SMILES string of the molecule is CC(C)(C)c1cc(Nc2nc(NCC3C=CC=CO3)ncc2Br)n[nH]1. The molecule has 8 heteroatoms. The molecule has 0 fully saturated rings. The molecule has 0 amide bonds. The van der Waals surface area contributed by atoms with Gasteiger partial charge in [0.2, 0.25) is 5.95 Å². The summed E-state index contributed by atoms with van der Waals surface area (Å²) in [5.41, 5.74) is 1.05. The molecule has 1 aliphatic rings. The van der Waals surface area contributed by atoms with Crippen molar-refractivity contribution in [3.63, 3.8) is 0 Å². The molecule has 0 saturated heterocycles. The Bertz CT molecular complexity index is 793. The van der Waals surface area contributed by atoms with Gasteiger partial charge in [0.05, 0.1) is 17.3 Å². The summed E-state index contributed by atoms with van der Waals surface area (Å²) in [5, 5.41) is 13.7. The van der Waals surface area contributed by atoms with E-state index in [2.05, 4.69) is 67.5 Å². The number of allylic oxidation sites excluding steroid dienone is 2. The molecule has 0 saturated carbocycles. The first kappa shape index (κ1) is 17.5. The first-order chi connectivity index (χ1) is 11.9. The highest BCUT2D eigenvalue weighted by molar-refractivity contribution is 9.10. The predicted octanol–water partition coefficient (Wildman–Crippen LogP) is 3.88. The van der Waals surface area contributed by atoms with Crippen molar-refractivity contribution >= 4 is 33.5 Å². The summed E-state index contributed by atoms with van der Waals surface area (Å²) >= 11 is 3.46. The van der Waals surface area contributed by atoms with E-state index in [1.54, 1.807) is 12.5 Å². The Kier molecular flexibility index (Phi) is 5.08. The summed E-state index contributed by atoms with van der Waals surface area (Å²) in [6.07, 6.45) is 9.12. The van der Waals surface area contributed by atoms with Crippen LogP contribution in [-0.2, 0) is 10.2 Å². The van der Waals surface area contributed by atoms with Gasteiger partial charge in [-0.05, 0) is 28.1 Å². The molecule has 0 spiro atoms. The first-order valence-electron chi connectivity index (χ1n) is 8.00. The number of hydrogen-bond donors (Lipinski definition) is 3. The van der Waals surface area contributed by atoms with Crippen molar-refractivity contribution in [1.82, 2.24) is 20.2 Å². The zero-order valence-corrected chi connectivity index (χ0v) is 16.0. The van der Waals surface area contributed by atoms with Crippen molar-refractivity contribution in [1.29, 1.82) is 0 Å². The predicted molar refractivity (Wildman–Crippen MR) is 102 cm³/mol. The Hall–Kier alpha value is -2.35. The molecule has 1 atom stereocenters. The monoisotopic (exact) mass is 404 g/mol. The Morgan fingerprint density at radius 3 is 2.84 bits per heavy atom. The quantitative estimate of drug-likeness (QED) is 0.700. The molecule has 3 rings (SSSR count). The average Bonchev–Trinajstić information content (AvgIpc) is 3.05. The molecule has 0 aliphatic carbocycles. The Balaban J connectivity index is 1.68. The van der Waals surface area contributed by atoms with E-state index in [0.717, 1.165) is 10.2 Å². The van der Waals surface area contributed by atoms with E-state index < -0.39 is 0 Å². The van der Waals surface area contributed by atoms with Gasteiger partial charge in [-0.25, -0.2) is 4.98 Å². The van der Waals surface area contributed by atoms with Gasteiger partial charge >= 0.3 is 0 Å². The van der Waals surface area contributed by atoms with Crippen LogP contribution in [-0.4, -0.2) is 32.8 Å². The molecular weight excluding hydrogens is 384 g/mol. The van der Waals surface area contributed by atoms with E-state index in [4.69, 9.17) is 4.74 Å². The lowest BCUT2D eigenvalue weighted by molar-refractivity contribution is 0.194. The van der Waals surface area contributed by atoms with Crippen molar-refractivity contribution in [2.75, 3.05) is 17.2 Å². The molecule has 132 valence electrons. The van der Waals surface area contributed by atoms with Gasteiger partial charge in [-0.2, -0.15) is 10.1 Å². The van der Waals surface area contributed by atoms with Gasteiger partial charge in [-0.1, -0.05) is 26.8 Å². The lowest BCUT2D eigenvalue weighted by Gasteiger charge is -2.16. The smallest absolute Gasteiger partial charge is 0.224 e. The summed E-state index contributed by atoms with van der Waals surface area (Å²) < 4.78 is 6.22. The maximum absolute atomic E-state index is 5.46. The van der Waals surface area contributed by atoms with E-state index in [-0.39, 0.29) is 11.5 Å². The van der Waals surface area contributed by atoms with Gasteiger partial charge in [-0.15, -0.1) is 0 Å². The third-order valence-electron chi connectivity index (χ3n) is 3.61. The summed E-state index contributed by atoms with van der Waals surface area (Å²) in [7, 11) is 0. The minimum Gasteiger partial charge on any atom is -0.492 e. The van der Waals surface area contributed by atoms with Crippen LogP contribution in [0.3, 0.4) is 0 Å². The van der Waals surface area contributed by atoms with Crippen molar-refractivity contribution < 1.29 is 4.74 Å². The number of H-pyrrole nitrogens is 1. The lowest BCUT2D eigenvalue weighted by atomic mass is 9.92. The zero-order chi connectivity index (χ0) is 17.9. The normalized spacial score (nSPS) is 16.6. The van der Waals surface area contributed by atoms with Crippen LogP contribution in [0, 0.1) is 0 Å². The molecule has 1 unspecified atom stereocenters. The largest absolute Gasteiger partial charge is 0.492 e. The molecule has 0 aromatic carbocycles. The van der Waals surface area contributed by atoms with Crippen molar-refractivity contribution in [3.05, 3.63) is 46.9 Å². The van der Waals surface area contributed by atoms with Gasteiger partial charge in [0.1, 0.15) is 6.10 Å². The third kappa shape index (κ3) is 4.60. The van der Waals surface area contributed by atoms with Crippen molar-refractivity contribution in [2.45, 2.75) is 32.3 Å². The highest BCUT2D eigenvalue weighted by Gasteiger charge is 2.17. The minimum absolute atomic E-state index is 0.00447. The van der Waals surface area contributed by atoms with Crippen molar-refractivity contribution in [3.8, 4) is 0 Å². The van der Waals surface area contributed by atoms with Crippen LogP contribution in [0.5, 0.6) is 0 Å². The van der Waals surface area contributed by atoms with Gasteiger partial charge in [0, 0.05) is 23.4 Å². The number of aromatic amines is 1. The average molecular weight is 405 g/mol. The maximum Gasteiger partial charge on any atom is 0.224 e. The van der Waals surface area contributed by atoms with Crippen LogP contribution >= 0.6 is 15.9 Å². The Morgan fingerprint density at radius 1 is 1.32 bits per heavy atom. The third-order valence-corrected chi connectivity index (χ3v) is 4.19. The second kappa shape index (κ2) is 7.26. The van der Waals surface area contributed by atoms with Crippen LogP contribution in [0.25, 0.3) is 0 Å². The molecule has 3 N–H and O–H groups in total. The fourth-order valence-electron chi connectivity index (χ4n) is 2.16. The Morgan fingerprint density at radius 2 is 2.16 bits per heavy atom. The standard InChI is InChI=1S/C17H21BrN6O/c1-17(2,3)13-8-14(24-23-13)21-15-12(18)10-20-16(22-15)19-9-11-6-4-5-7-25-11/h4-8,10-11H,9H2,1-3H3,(H3,19,20,21,22,23,24). The number of halogens is 1. The molecule has 3 heterocycles. The number of anilines is 3. The summed E-state index contributed by atoms with van der Waals surface area (Å²) in [5.74, 6) is 1.87. The van der Waals surface area contributed by atoms with Gasteiger partial charge in [0.25, 0.3) is 0 Å². The van der Waals surface area contributed by atoms with Crippen LogP contribution < -0.4 is 10.6 Å². The fourth-order valence-corrected chi connectivity index (χ4v) is 2.45. The van der Waals surface area contributed by atoms with Crippen LogP contribution in [0.4, 0.5) is 17.6 Å². The molecule has 25 heavy (non-hydrogen) atoms. The lowest BCUT2D eigenvalue weighted by Crippen LogP contribution is -2.21. The second-order valence-corrected chi connectivity index (χ2v) is 7.56. The Labute approximate surface area is 155 Å². The second-order valence-electron chi connectivity index (χ2n) is 6.70. The number of rotatable bonds is 5. The summed E-state index contributed by atoms with van der Waals surface area (Å²) in [6.45, 7) is 6.97. The van der Waals surface area contributed by atoms with E-state index >= 15 is 0 Å². The van der Waals surface area contributed by atoms with Gasteiger partial charge < -0.3 is 15.4 Å². The zero-order valence-electron chi connectivity index (χ0n) is 14.4. The molecule has 2 aromatic rings. The molecule has 1 aliphatic heterocycles. The molecule has 7 nitrogen and oxygen atoms in total. The fraction of sp³-hybridized carbons (Fsp3) is 0.353.